The number of benzene rings is 1. The van der Waals surface area contributed by atoms with Gasteiger partial charge in [0.1, 0.15) is 0 Å². The number of aliphatic hydroxyl groups excluding tert-OH is 1. The van der Waals surface area contributed by atoms with E-state index in [2.05, 4.69) is 10.6 Å². The summed E-state index contributed by atoms with van der Waals surface area (Å²) in [5.74, 6) is 0.0830. The second-order valence-corrected chi connectivity index (χ2v) is 5.30. The maximum Gasteiger partial charge on any atom is 0.241 e. The highest BCUT2D eigenvalue weighted by molar-refractivity contribution is 5.94. The topological polar surface area (TPSA) is 61.4 Å². The highest BCUT2D eigenvalue weighted by Crippen LogP contribution is 2.09. The van der Waals surface area contributed by atoms with E-state index in [9.17, 15) is 9.90 Å². The lowest BCUT2D eigenvalue weighted by Crippen LogP contribution is -2.42. The number of aryl methyl sites for hydroxylation is 1. The van der Waals surface area contributed by atoms with Crippen LogP contribution in [0.3, 0.4) is 0 Å². The summed E-state index contributed by atoms with van der Waals surface area (Å²) in [6, 6.07) is 7.33. The van der Waals surface area contributed by atoms with Gasteiger partial charge in [-0.2, -0.15) is 0 Å². The van der Waals surface area contributed by atoms with Gasteiger partial charge in [-0.25, -0.2) is 0 Å². The number of carbonyl (C=O) groups excluding carboxylic acids is 1. The molecule has 0 saturated carbocycles. The Bertz CT molecular complexity index is 401. The summed E-state index contributed by atoms with van der Waals surface area (Å²) in [5.41, 5.74) is 1.94. The molecule has 4 heteroatoms. The first-order chi connectivity index (χ1) is 8.90. The minimum absolute atomic E-state index is 0.0974. The summed E-state index contributed by atoms with van der Waals surface area (Å²) < 4.78 is 0. The number of nitrogens with one attached hydrogen (secondary N) is 2. The lowest BCUT2D eigenvalue weighted by Gasteiger charge is -2.19. The first-order valence-corrected chi connectivity index (χ1v) is 6.69. The summed E-state index contributed by atoms with van der Waals surface area (Å²) in [5, 5.41) is 15.6. The van der Waals surface area contributed by atoms with Crippen molar-refractivity contribution in [3.05, 3.63) is 29.8 Å². The van der Waals surface area contributed by atoms with Crippen molar-refractivity contribution in [2.24, 2.45) is 5.92 Å². The van der Waals surface area contributed by atoms with Crippen molar-refractivity contribution in [2.45, 2.75) is 39.8 Å². The van der Waals surface area contributed by atoms with E-state index in [1.54, 1.807) is 6.92 Å². The molecular weight excluding hydrogens is 240 g/mol. The van der Waals surface area contributed by atoms with E-state index < -0.39 is 6.10 Å². The van der Waals surface area contributed by atoms with Gasteiger partial charge >= 0.3 is 0 Å². The summed E-state index contributed by atoms with van der Waals surface area (Å²) in [4.78, 5) is 11.9. The third kappa shape index (κ3) is 5.41. The lowest BCUT2D eigenvalue weighted by atomic mass is 10.1. The van der Waals surface area contributed by atoms with Crippen LogP contribution in [0.5, 0.6) is 0 Å². The Morgan fingerprint density at radius 1 is 1.21 bits per heavy atom. The average Bonchev–Trinajstić information content (AvgIpc) is 2.37. The smallest absolute Gasteiger partial charge is 0.241 e. The summed E-state index contributed by atoms with van der Waals surface area (Å²) in [6.07, 6.45) is -0.436. The van der Waals surface area contributed by atoms with Crippen LogP contribution in [0, 0.1) is 12.8 Å². The molecule has 3 N–H and O–H groups in total. The zero-order valence-corrected chi connectivity index (χ0v) is 12.1. The van der Waals surface area contributed by atoms with Crippen molar-refractivity contribution in [3.8, 4) is 0 Å². The molecule has 0 radical (unpaired) electrons. The van der Waals surface area contributed by atoms with E-state index in [0.29, 0.717) is 6.54 Å². The van der Waals surface area contributed by atoms with Crippen LogP contribution in [-0.2, 0) is 4.79 Å². The van der Waals surface area contributed by atoms with Gasteiger partial charge in [0.2, 0.25) is 5.91 Å². The van der Waals surface area contributed by atoms with Crippen molar-refractivity contribution in [2.75, 3.05) is 11.9 Å². The van der Waals surface area contributed by atoms with E-state index in [-0.39, 0.29) is 17.9 Å². The molecule has 0 aromatic heterocycles. The van der Waals surface area contributed by atoms with Gasteiger partial charge in [-0.15, -0.1) is 0 Å². The fourth-order valence-electron chi connectivity index (χ4n) is 1.51. The van der Waals surface area contributed by atoms with Crippen molar-refractivity contribution in [3.63, 3.8) is 0 Å². The van der Waals surface area contributed by atoms with Crippen LogP contribution < -0.4 is 10.6 Å². The second kappa shape index (κ2) is 7.26. The van der Waals surface area contributed by atoms with Gasteiger partial charge in [0.15, 0.2) is 0 Å². The SMILES string of the molecule is Cc1ccc(NC(=O)C(C)NCC(O)C(C)C)cc1. The number of anilines is 1. The third-order valence-electron chi connectivity index (χ3n) is 3.12. The van der Waals surface area contributed by atoms with Crippen LogP contribution in [0.25, 0.3) is 0 Å². The molecule has 1 amide bonds. The molecule has 1 rings (SSSR count). The second-order valence-electron chi connectivity index (χ2n) is 5.30. The first-order valence-electron chi connectivity index (χ1n) is 6.69. The molecule has 0 saturated heterocycles. The fraction of sp³-hybridized carbons (Fsp3) is 0.533. The average molecular weight is 264 g/mol. The highest BCUT2D eigenvalue weighted by atomic mass is 16.3. The maximum atomic E-state index is 11.9. The maximum absolute atomic E-state index is 11.9. The molecule has 1 aromatic rings. The number of hydrogen-bond acceptors (Lipinski definition) is 3. The standard InChI is InChI=1S/C15H24N2O2/c1-10(2)14(18)9-16-12(4)15(19)17-13-7-5-11(3)6-8-13/h5-8,10,12,14,16,18H,9H2,1-4H3,(H,17,19). The largest absolute Gasteiger partial charge is 0.392 e. The van der Waals surface area contributed by atoms with Crippen molar-refractivity contribution >= 4 is 11.6 Å². The van der Waals surface area contributed by atoms with Crippen LogP contribution in [0.4, 0.5) is 5.69 Å². The molecule has 0 spiro atoms. The molecule has 4 nitrogen and oxygen atoms in total. The summed E-state index contributed by atoms with van der Waals surface area (Å²) >= 11 is 0. The number of carbonyl (C=O) groups is 1. The molecule has 1 aromatic carbocycles. The Morgan fingerprint density at radius 3 is 2.32 bits per heavy atom. The van der Waals surface area contributed by atoms with E-state index in [1.807, 2.05) is 45.0 Å². The Kier molecular flexibility index (Phi) is 5.99. The number of rotatable bonds is 6. The fourth-order valence-corrected chi connectivity index (χ4v) is 1.51. The lowest BCUT2D eigenvalue weighted by molar-refractivity contribution is -0.117. The summed E-state index contributed by atoms with van der Waals surface area (Å²) in [7, 11) is 0. The van der Waals surface area contributed by atoms with E-state index in [0.717, 1.165) is 11.3 Å². The molecule has 0 heterocycles. The molecule has 2 atom stereocenters. The van der Waals surface area contributed by atoms with Crippen molar-refractivity contribution in [1.29, 1.82) is 0 Å². The van der Waals surface area contributed by atoms with Crippen LogP contribution in [0.1, 0.15) is 26.3 Å². The zero-order valence-electron chi connectivity index (χ0n) is 12.1. The van der Waals surface area contributed by atoms with Gasteiger partial charge in [-0.3, -0.25) is 4.79 Å². The van der Waals surface area contributed by atoms with Crippen LogP contribution >= 0.6 is 0 Å². The Morgan fingerprint density at radius 2 is 1.79 bits per heavy atom. The predicted molar refractivity (Wildman–Crippen MR) is 78.1 cm³/mol. The Labute approximate surface area is 115 Å². The summed E-state index contributed by atoms with van der Waals surface area (Å²) in [6.45, 7) is 8.10. The number of hydrogen-bond donors (Lipinski definition) is 3. The number of amides is 1. The molecule has 106 valence electrons. The van der Waals surface area contributed by atoms with Crippen molar-refractivity contribution < 1.29 is 9.90 Å². The predicted octanol–water partition coefficient (Wildman–Crippen LogP) is 1.93. The minimum Gasteiger partial charge on any atom is -0.392 e. The van der Waals surface area contributed by atoms with Gasteiger partial charge in [0.05, 0.1) is 12.1 Å². The van der Waals surface area contributed by atoms with Gasteiger partial charge in [0, 0.05) is 12.2 Å². The molecule has 19 heavy (non-hydrogen) atoms. The molecule has 2 unspecified atom stereocenters. The van der Waals surface area contributed by atoms with E-state index in [1.165, 1.54) is 0 Å². The number of aliphatic hydroxyl groups is 1. The quantitative estimate of drug-likeness (QED) is 0.735. The normalized spacial score (nSPS) is 14.2. The van der Waals surface area contributed by atoms with E-state index >= 15 is 0 Å². The van der Waals surface area contributed by atoms with Gasteiger partial charge in [-0.05, 0) is 31.9 Å². The molecule has 0 fully saturated rings. The third-order valence-corrected chi connectivity index (χ3v) is 3.12. The first kappa shape index (κ1) is 15.7. The monoisotopic (exact) mass is 264 g/mol. The molecule has 0 bridgehead atoms. The molecule has 0 aliphatic rings. The van der Waals surface area contributed by atoms with Gasteiger partial charge in [0.25, 0.3) is 0 Å². The van der Waals surface area contributed by atoms with Crippen molar-refractivity contribution in [1.82, 2.24) is 5.32 Å². The van der Waals surface area contributed by atoms with Gasteiger partial charge in [-0.1, -0.05) is 31.5 Å². The molecular formula is C15H24N2O2. The van der Waals surface area contributed by atoms with E-state index in [4.69, 9.17) is 0 Å². The zero-order chi connectivity index (χ0) is 14.4. The van der Waals surface area contributed by atoms with Crippen LogP contribution in [0.2, 0.25) is 0 Å². The van der Waals surface area contributed by atoms with Crippen LogP contribution in [0.15, 0.2) is 24.3 Å². The Balaban J connectivity index is 2.42. The molecule has 0 aliphatic heterocycles. The highest BCUT2D eigenvalue weighted by Gasteiger charge is 2.15. The molecule has 0 aliphatic carbocycles. The Hall–Kier alpha value is -1.39. The van der Waals surface area contributed by atoms with Gasteiger partial charge < -0.3 is 15.7 Å². The minimum atomic E-state index is -0.436. The van der Waals surface area contributed by atoms with Crippen LogP contribution in [-0.4, -0.2) is 29.7 Å².